The van der Waals surface area contributed by atoms with Gasteiger partial charge in [-0.1, -0.05) is 24.2 Å². The Morgan fingerprint density at radius 2 is 2.19 bits per heavy atom. The molecule has 0 radical (unpaired) electrons. The molecule has 1 fully saturated rings. The van der Waals surface area contributed by atoms with E-state index in [9.17, 15) is 15.3 Å². The van der Waals surface area contributed by atoms with Crippen molar-refractivity contribution in [2.24, 2.45) is 11.0 Å². The molecule has 0 spiro atoms. The molecular formula is C13H19N9O5. The lowest BCUT2D eigenvalue weighted by Gasteiger charge is -2.31. The number of aliphatic hydroxyl groups is 2. The first-order valence-electron chi connectivity index (χ1n) is 8.05. The molecule has 1 saturated heterocycles. The third-order valence-corrected chi connectivity index (χ3v) is 3.97. The molecule has 3 heterocycles. The van der Waals surface area contributed by atoms with E-state index in [1.165, 1.54) is 0 Å². The molecule has 1 aliphatic rings. The molecule has 146 valence electrons. The molecule has 4 atom stereocenters. The summed E-state index contributed by atoms with van der Waals surface area (Å²) in [6.07, 6.45) is -4.37. The van der Waals surface area contributed by atoms with Crippen LogP contribution in [0.2, 0.25) is 0 Å². The van der Waals surface area contributed by atoms with Gasteiger partial charge in [-0.2, -0.15) is 14.6 Å². The molecule has 5 N–H and O–H groups in total. The van der Waals surface area contributed by atoms with Crippen LogP contribution in [-0.2, 0) is 9.47 Å². The summed E-state index contributed by atoms with van der Waals surface area (Å²) in [5, 5.41) is 41.8. The van der Waals surface area contributed by atoms with Crippen molar-refractivity contribution in [3.63, 3.8) is 0 Å². The molecule has 0 amide bonds. The normalized spacial score (nSPS) is 28.0. The Morgan fingerprint density at radius 1 is 1.44 bits per heavy atom. The number of hydrogen-bond acceptors (Lipinski definition) is 11. The number of nitrogen functional groups attached to an aromatic ring is 1. The molecule has 14 heteroatoms. The fraction of sp³-hybridized carbons (Fsp3) is 0.692. The number of ether oxygens (including phenoxy) is 2. The second-order valence-electron chi connectivity index (χ2n) is 6.46. The zero-order valence-electron chi connectivity index (χ0n) is 14.5. The SMILES string of the molecule is CC(C)CO[C@@]1(CN=[N+]=[N-])O[C@@H](n2nnc3c(O)nc(N)nc32)[C@H](O)[C@@H]1O. The van der Waals surface area contributed by atoms with Crippen molar-refractivity contribution in [2.75, 3.05) is 18.9 Å². The fourth-order valence-corrected chi connectivity index (χ4v) is 2.69. The van der Waals surface area contributed by atoms with Crippen LogP contribution in [0, 0.1) is 5.92 Å². The molecule has 1 aliphatic heterocycles. The van der Waals surface area contributed by atoms with Crippen molar-refractivity contribution in [3.8, 4) is 5.88 Å². The minimum atomic E-state index is -1.79. The number of aromatic nitrogens is 5. The van der Waals surface area contributed by atoms with Gasteiger partial charge in [0.05, 0.1) is 13.2 Å². The summed E-state index contributed by atoms with van der Waals surface area (Å²) in [6, 6.07) is 0. The average Bonchev–Trinajstić information content (AvgIpc) is 3.13. The fourth-order valence-electron chi connectivity index (χ4n) is 2.69. The quantitative estimate of drug-likeness (QED) is 0.284. The van der Waals surface area contributed by atoms with Gasteiger partial charge < -0.3 is 30.5 Å². The topological polar surface area (TPSA) is 210 Å². The number of azide groups is 1. The van der Waals surface area contributed by atoms with Crippen molar-refractivity contribution in [1.82, 2.24) is 25.0 Å². The van der Waals surface area contributed by atoms with Crippen LogP contribution in [0.4, 0.5) is 5.95 Å². The monoisotopic (exact) mass is 381 g/mol. The Morgan fingerprint density at radius 3 is 2.85 bits per heavy atom. The average molecular weight is 381 g/mol. The summed E-state index contributed by atoms with van der Waals surface area (Å²) in [7, 11) is 0. The van der Waals surface area contributed by atoms with Gasteiger partial charge in [0.25, 0.3) is 0 Å². The van der Waals surface area contributed by atoms with Gasteiger partial charge in [0, 0.05) is 4.91 Å². The molecule has 0 bridgehead atoms. The van der Waals surface area contributed by atoms with Crippen LogP contribution in [-0.4, -0.2) is 71.4 Å². The highest BCUT2D eigenvalue weighted by atomic mass is 16.7. The summed E-state index contributed by atoms with van der Waals surface area (Å²) in [5.74, 6) is -2.45. The van der Waals surface area contributed by atoms with Crippen molar-refractivity contribution in [3.05, 3.63) is 10.4 Å². The summed E-state index contributed by atoms with van der Waals surface area (Å²) in [4.78, 5) is 10.2. The first-order chi connectivity index (χ1) is 12.8. The number of nitrogens with zero attached hydrogens (tertiary/aromatic N) is 8. The van der Waals surface area contributed by atoms with E-state index in [1.54, 1.807) is 0 Å². The zero-order chi connectivity index (χ0) is 19.8. The lowest BCUT2D eigenvalue weighted by atomic mass is 10.1. The number of aliphatic hydroxyl groups excluding tert-OH is 2. The van der Waals surface area contributed by atoms with Crippen LogP contribution in [0.1, 0.15) is 20.1 Å². The second-order valence-corrected chi connectivity index (χ2v) is 6.46. The van der Waals surface area contributed by atoms with Crippen LogP contribution >= 0.6 is 0 Å². The minimum absolute atomic E-state index is 0.0142. The summed E-state index contributed by atoms with van der Waals surface area (Å²) >= 11 is 0. The summed E-state index contributed by atoms with van der Waals surface area (Å²) < 4.78 is 12.4. The Labute approximate surface area is 152 Å². The van der Waals surface area contributed by atoms with Crippen molar-refractivity contribution in [2.45, 2.75) is 38.1 Å². The molecule has 27 heavy (non-hydrogen) atoms. The third kappa shape index (κ3) is 3.31. The predicted molar refractivity (Wildman–Crippen MR) is 88.9 cm³/mol. The van der Waals surface area contributed by atoms with Gasteiger partial charge in [0.15, 0.2) is 17.4 Å². The Balaban J connectivity index is 2.01. The van der Waals surface area contributed by atoms with Gasteiger partial charge >= 0.3 is 0 Å². The van der Waals surface area contributed by atoms with Crippen molar-refractivity contribution < 1.29 is 24.8 Å². The van der Waals surface area contributed by atoms with E-state index >= 15 is 0 Å². The van der Waals surface area contributed by atoms with E-state index in [2.05, 4.69) is 30.3 Å². The minimum Gasteiger partial charge on any atom is -0.492 e. The maximum Gasteiger partial charge on any atom is 0.246 e. The van der Waals surface area contributed by atoms with Crippen molar-refractivity contribution in [1.29, 1.82) is 0 Å². The van der Waals surface area contributed by atoms with E-state index in [0.29, 0.717) is 0 Å². The maximum absolute atomic E-state index is 10.5. The molecule has 3 rings (SSSR count). The van der Waals surface area contributed by atoms with Gasteiger partial charge in [-0.05, 0) is 11.4 Å². The van der Waals surface area contributed by atoms with Crippen LogP contribution in [0.25, 0.3) is 21.6 Å². The van der Waals surface area contributed by atoms with E-state index in [0.717, 1.165) is 4.68 Å². The van der Waals surface area contributed by atoms with E-state index < -0.39 is 30.1 Å². The molecule has 2 aromatic rings. The first-order valence-corrected chi connectivity index (χ1v) is 8.05. The number of hydrogen-bond donors (Lipinski definition) is 4. The molecule has 0 aliphatic carbocycles. The summed E-state index contributed by atoms with van der Waals surface area (Å²) in [5.41, 5.74) is 14.1. The van der Waals surface area contributed by atoms with Gasteiger partial charge in [0.1, 0.15) is 12.2 Å². The number of fused-ring (bicyclic) bond motifs is 1. The van der Waals surface area contributed by atoms with Crippen LogP contribution in [0.5, 0.6) is 5.88 Å². The van der Waals surface area contributed by atoms with Crippen LogP contribution in [0.3, 0.4) is 0 Å². The highest BCUT2D eigenvalue weighted by molar-refractivity contribution is 5.76. The van der Waals surface area contributed by atoms with E-state index in [-0.39, 0.29) is 36.2 Å². The number of nitrogens with two attached hydrogens (primary N) is 1. The third-order valence-electron chi connectivity index (χ3n) is 3.97. The lowest BCUT2D eigenvalue weighted by Crippen LogP contribution is -2.48. The number of anilines is 1. The molecule has 0 saturated carbocycles. The molecular weight excluding hydrogens is 362 g/mol. The van der Waals surface area contributed by atoms with Gasteiger partial charge in [-0.3, -0.25) is 0 Å². The lowest BCUT2D eigenvalue weighted by molar-refractivity contribution is -0.264. The molecule has 0 unspecified atom stereocenters. The Hall–Kier alpha value is -2.77. The predicted octanol–water partition coefficient (Wildman–Crippen LogP) is -0.561. The van der Waals surface area contributed by atoms with Crippen LogP contribution in [0.15, 0.2) is 5.11 Å². The Bertz CT molecular complexity index is 882. The molecule has 2 aromatic heterocycles. The second kappa shape index (κ2) is 7.09. The highest BCUT2D eigenvalue weighted by Crippen LogP contribution is 2.39. The first kappa shape index (κ1) is 19.0. The smallest absolute Gasteiger partial charge is 0.246 e. The number of rotatable bonds is 6. The van der Waals surface area contributed by atoms with Gasteiger partial charge in [-0.15, -0.1) is 5.10 Å². The molecule has 14 nitrogen and oxygen atoms in total. The maximum atomic E-state index is 10.5. The molecule has 0 aromatic carbocycles. The standard InChI is InChI=1S/C13H19N9O5/c1-5(2)3-26-13(4-16-20-15)8(24)7(23)11(27-13)22-9-6(19-21-22)10(25)18-12(14)17-9/h5,7-8,11,23-24H,3-4H2,1-2H3,(H3,14,17,18,25)/t7-,8+,11-,13+/m1/s1. The van der Waals surface area contributed by atoms with Crippen molar-refractivity contribution >= 4 is 17.1 Å². The highest BCUT2D eigenvalue weighted by Gasteiger charge is 2.56. The summed E-state index contributed by atoms with van der Waals surface area (Å²) in [6.45, 7) is 3.54. The van der Waals surface area contributed by atoms with Gasteiger partial charge in [0.2, 0.25) is 17.6 Å². The van der Waals surface area contributed by atoms with E-state index in [1.807, 2.05) is 13.8 Å². The largest absolute Gasteiger partial charge is 0.492 e. The Kier molecular flexibility index (Phi) is 4.99. The number of aromatic hydroxyl groups is 1. The zero-order valence-corrected chi connectivity index (χ0v) is 14.5. The van der Waals surface area contributed by atoms with Crippen LogP contribution < -0.4 is 5.73 Å². The van der Waals surface area contributed by atoms with Gasteiger partial charge in [-0.25, -0.2) is 0 Å². The van der Waals surface area contributed by atoms with E-state index in [4.69, 9.17) is 20.7 Å².